The van der Waals surface area contributed by atoms with Crippen molar-refractivity contribution in [3.63, 3.8) is 0 Å². The lowest BCUT2D eigenvalue weighted by Crippen LogP contribution is -2.44. The molecule has 0 saturated carbocycles. The summed E-state index contributed by atoms with van der Waals surface area (Å²) in [5.41, 5.74) is 0. The minimum Gasteiger partial charge on any atom is -0.390 e. The quantitative estimate of drug-likeness (QED) is 0.606. The molecule has 0 unspecified atom stereocenters. The second-order valence-corrected chi connectivity index (χ2v) is 4.19. The molecular formula is C9H16O4. The van der Waals surface area contributed by atoms with Crippen LogP contribution >= 0.6 is 0 Å². The average Bonchev–Trinajstić information content (AvgIpc) is 2.24. The molecule has 0 spiro atoms. The van der Waals surface area contributed by atoms with E-state index in [4.69, 9.17) is 14.2 Å². The van der Waals surface area contributed by atoms with Gasteiger partial charge in [-0.3, -0.25) is 0 Å². The highest BCUT2D eigenvalue weighted by Crippen LogP contribution is 2.35. The Kier molecular flexibility index (Phi) is 2.11. The van der Waals surface area contributed by atoms with Gasteiger partial charge in [0.05, 0.1) is 12.2 Å². The van der Waals surface area contributed by atoms with Crippen molar-refractivity contribution in [1.82, 2.24) is 0 Å². The van der Waals surface area contributed by atoms with E-state index in [1.165, 1.54) is 0 Å². The predicted octanol–water partition coefficient (Wildman–Crippen LogP) is 0.634. The zero-order chi connectivity index (χ0) is 9.64. The van der Waals surface area contributed by atoms with E-state index in [0.29, 0.717) is 6.42 Å². The van der Waals surface area contributed by atoms with E-state index in [1.54, 1.807) is 0 Å². The topological polar surface area (TPSA) is 47.9 Å². The van der Waals surface area contributed by atoms with Crippen LogP contribution in [0, 0.1) is 0 Å². The molecule has 4 heteroatoms. The maximum Gasteiger partial charge on any atom is 0.187 e. The third-order valence-corrected chi connectivity index (χ3v) is 2.50. The molecule has 0 radical (unpaired) electrons. The van der Waals surface area contributed by atoms with Crippen molar-refractivity contribution in [3.05, 3.63) is 0 Å². The van der Waals surface area contributed by atoms with Gasteiger partial charge in [-0.1, -0.05) is 0 Å². The van der Waals surface area contributed by atoms with Crippen molar-refractivity contribution < 1.29 is 19.3 Å². The minimum atomic E-state index is -0.584. The summed E-state index contributed by atoms with van der Waals surface area (Å²) in [5.74, 6) is -0.584. The largest absolute Gasteiger partial charge is 0.390 e. The monoisotopic (exact) mass is 188 g/mol. The summed E-state index contributed by atoms with van der Waals surface area (Å²) in [5, 5.41) is 9.53. The summed E-state index contributed by atoms with van der Waals surface area (Å²) in [6.45, 7) is 5.55. The fraction of sp³-hybridized carbons (Fsp3) is 1.00. The van der Waals surface area contributed by atoms with Crippen LogP contribution in [-0.2, 0) is 14.2 Å². The third-order valence-electron chi connectivity index (χ3n) is 2.50. The summed E-state index contributed by atoms with van der Waals surface area (Å²) < 4.78 is 16.5. The Hall–Kier alpha value is -0.160. The van der Waals surface area contributed by atoms with Crippen LogP contribution in [0.3, 0.4) is 0 Å². The van der Waals surface area contributed by atoms with Gasteiger partial charge in [0.25, 0.3) is 0 Å². The van der Waals surface area contributed by atoms with Gasteiger partial charge >= 0.3 is 0 Å². The smallest absolute Gasteiger partial charge is 0.187 e. The maximum atomic E-state index is 9.53. The van der Waals surface area contributed by atoms with E-state index in [9.17, 15) is 5.11 Å². The molecule has 76 valence electrons. The van der Waals surface area contributed by atoms with Gasteiger partial charge in [0, 0.05) is 6.42 Å². The Balaban J connectivity index is 2.05. The zero-order valence-corrected chi connectivity index (χ0v) is 8.19. The van der Waals surface area contributed by atoms with Crippen LogP contribution in [0.1, 0.15) is 27.2 Å². The number of aliphatic hydroxyl groups excluding tert-OH is 1. The first kappa shape index (κ1) is 9.40. The van der Waals surface area contributed by atoms with E-state index in [-0.39, 0.29) is 18.5 Å². The molecule has 1 N–H and O–H groups in total. The normalized spacial score (nSPS) is 48.9. The van der Waals surface area contributed by atoms with Crippen LogP contribution in [0.5, 0.6) is 0 Å². The molecule has 13 heavy (non-hydrogen) atoms. The van der Waals surface area contributed by atoms with Gasteiger partial charge in [-0.2, -0.15) is 0 Å². The van der Waals surface area contributed by atoms with Gasteiger partial charge < -0.3 is 19.3 Å². The van der Waals surface area contributed by atoms with Gasteiger partial charge in [0.15, 0.2) is 12.1 Å². The summed E-state index contributed by atoms with van der Waals surface area (Å²) in [7, 11) is 0. The number of fused-ring (bicyclic) bond motifs is 1. The first-order valence-electron chi connectivity index (χ1n) is 4.67. The molecule has 2 aliphatic heterocycles. The highest BCUT2D eigenvalue weighted by atomic mass is 16.8. The van der Waals surface area contributed by atoms with Crippen molar-refractivity contribution in [3.8, 4) is 0 Å². The molecule has 2 saturated heterocycles. The van der Waals surface area contributed by atoms with Crippen LogP contribution in [0.4, 0.5) is 0 Å². The minimum absolute atomic E-state index is 0.124. The van der Waals surface area contributed by atoms with E-state index in [2.05, 4.69) is 0 Å². The van der Waals surface area contributed by atoms with Gasteiger partial charge in [0.1, 0.15) is 6.10 Å². The standard InChI is InChI=1S/C9H16O4/c1-5-6(10)4-7-8(11-5)13-9(2,3)12-7/h5-8,10H,4H2,1-3H3/t5-,6-,7-,8-/m1/s1. The fourth-order valence-corrected chi connectivity index (χ4v) is 1.81. The Labute approximate surface area is 77.8 Å². The lowest BCUT2D eigenvalue weighted by Gasteiger charge is -2.31. The number of rotatable bonds is 0. The molecule has 4 atom stereocenters. The van der Waals surface area contributed by atoms with Crippen LogP contribution in [-0.4, -0.2) is 35.5 Å². The number of hydrogen-bond donors (Lipinski definition) is 1. The van der Waals surface area contributed by atoms with E-state index >= 15 is 0 Å². The van der Waals surface area contributed by atoms with Crippen LogP contribution in [0.25, 0.3) is 0 Å². The summed E-state index contributed by atoms with van der Waals surface area (Å²) in [6.07, 6.45) is -0.456. The number of hydrogen-bond acceptors (Lipinski definition) is 4. The zero-order valence-electron chi connectivity index (χ0n) is 8.19. The van der Waals surface area contributed by atoms with Gasteiger partial charge in [-0.25, -0.2) is 0 Å². The van der Waals surface area contributed by atoms with Crippen molar-refractivity contribution >= 4 is 0 Å². The molecule has 0 aromatic heterocycles. The molecule has 0 bridgehead atoms. The van der Waals surface area contributed by atoms with Gasteiger partial charge in [-0.05, 0) is 20.8 Å². The summed E-state index contributed by atoms with van der Waals surface area (Å²) >= 11 is 0. The van der Waals surface area contributed by atoms with Gasteiger partial charge in [-0.15, -0.1) is 0 Å². The van der Waals surface area contributed by atoms with E-state index in [1.807, 2.05) is 20.8 Å². The first-order valence-corrected chi connectivity index (χ1v) is 4.67. The van der Waals surface area contributed by atoms with Crippen LogP contribution < -0.4 is 0 Å². The Morgan fingerprint density at radius 1 is 1.31 bits per heavy atom. The predicted molar refractivity (Wildman–Crippen MR) is 45.0 cm³/mol. The van der Waals surface area contributed by atoms with Crippen molar-refractivity contribution in [2.24, 2.45) is 0 Å². The lowest BCUT2D eigenvalue weighted by molar-refractivity contribution is -0.223. The van der Waals surface area contributed by atoms with Crippen molar-refractivity contribution in [2.45, 2.75) is 57.6 Å². The second-order valence-electron chi connectivity index (χ2n) is 4.19. The Morgan fingerprint density at radius 3 is 2.69 bits per heavy atom. The van der Waals surface area contributed by atoms with Crippen molar-refractivity contribution in [2.75, 3.05) is 0 Å². The molecule has 4 nitrogen and oxygen atoms in total. The average molecular weight is 188 g/mol. The molecular weight excluding hydrogens is 172 g/mol. The van der Waals surface area contributed by atoms with Crippen LogP contribution in [0.15, 0.2) is 0 Å². The molecule has 0 aromatic rings. The fourth-order valence-electron chi connectivity index (χ4n) is 1.81. The number of ether oxygens (including phenoxy) is 3. The van der Waals surface area contributed by atoms with E-state index in [0.717, 1.165) is 0 Å². The summed E-state index contributed by atoms with van der Waals surface area (Å²) in [6, 6.07) is 0. The van der Waals surface area contributed by atoms with Crippen molar-refractivity contribution in [1.29, 1.82) is 0 Å². The SMILES string of the molecule is C[C@H]1O[C@@H]2OC(C)(C)O[C@@H]2C[C@H]1O. The molecule has 2 rings (SSSR count). The molecule has 0 aromatic carbocycles. The molecule has 0 amide bonds. The lowest BCUT2D eigenvalue weighted by atomic mass is 10.0. The van der Waals surface area contributed by atoms with E-state index < -0.39 is 11.9 Å². The second kappa shape index (κ2) is 2.92. The maximum absolute atomic E-state index is 9.53. The molecule has 2 fully saturated rings. The third kappa shape index (κ3) is 1.72. The van der Waals surface area contributed by atoms with Gasteiger partial charge in [0.2, 0.25) is 0 Å². The molecule has 2 aliphatic rings. The highest BCUT2D eigenvalue weighted by Gasteiger charge is 2.47. The Morgan fingerprint density at radius 2 is 2.00 bits per heavy atom. The molecule has 0 aliphatic carbocycles. The number of aliphatic hydroxyl groups is 1. The molecule has 2 heterocycles. The van der Waals surface area contributed by atoms with Crippen LogP contribution in [0.2, 0.25) is 0 Å². The first-order chi connectivity index (χ1) is 5.98. The highest BCUT2D eigenvalue weighted by molar-refractivity contribution is 4.85. The summed E-state index contributed by atoms with van der Waals surface area (Å²) in [4.78, 5) is 0. The Bertz CT molecular complexity index is 184.